The molecule has 0 bridgehead atoms. The van der Waals surface area contributed by atoms with E-state index in [9.17, 15) is 18.8 Å². The first kappa shape index (κ1) is 29.7. The summed E-state index contributed by atoms with van der Waals surface area (Å²) in [6.45, 7) is 5.40. The van der Waals surface area contributed by atoms with Crippen LogP contribution in [0.1, 0.15) is 19.3 Å². The van der Waals surface area contributed by atoms with Gasteiger partial charge in [0.25, 0.3) is 5.91 Å². The Labute approximate surface area is 259 Å². The van der Waals surface area contributed by atoms with Crippen LogP contribution in [0.3, 0.4) is 0 Å². The molecule has 44 heavy (non-hydrogen) atoms. The summed E-state index contributed by atoms with van der Waals surface area (Å²) in [6, 6.07) is 16.5. The van der Waals surface area contributed by atoms with Gasteiger partial charge in [-0.25, -0.2) is 8.78 Å². The average Bonchev–Trinajstić information content (AvgIpc) is 3.44. The minimum Gasteiger partial charge on any atom is -0.462 e. The zero-order valence-corrected chi connectivity index (χ0v) is 25.0. The number of anilines is 1. The van der Waals surface area contributed by atoms with Crippen LogP contribution in [0.2, 0.25) is 5.02 Å². The predicted molar refractivity (Wildman–Crippen MR) is 167 cm³/mol. The third-order valence-corrected chi connectivity index (χ3v) is 8.95. The molecule has 2 saturated heterocycles. The lowest BCUT2D eigenvalue weighted by Crippen LogP contribution is -2.55. The molecule has 226 valence electrons. The predicted octanol–water partition coefficient (Wildman–Crippen LogP) is 6.13. The Hall–Kier alpha value is -4.33. The molecule has 1 aromatic heterocycles. The molecule has 0 N–H and O–H groups in total. The Bertz CT molecular complexity index is 1810. The van der Waals surface area contributed by atoms with Gasteiger partial charge in [-0.1, -0.05) is 48.5 Å². The Morgan fingerprint density at radius 2 is 2.00 bits per heavy atom. The highest BCUT2D eigenvalue weighted by Crippen LogP contribution is 2.38. The maximum absolute atomic E-state index is 14.5. The lowest BCUT2D eigenvalue weighted by atomic mass is 9.97. The van der Waals surface area contributed by atoms with Crippen molar-refractivity contribution >= 4 is 45.0 Å². The fraction of sp³-hybridized carbons (Fsp3) is 0.333. The van der Waals surface area contributed by atoms with Crippen LogP contribution in [0.4, 0.5) is 14.6 Å². The highest BCUT2D eigenvalue weighted by molar-refractivity contribution is 6.36. The van der Waals surface area contributed by atoms with Gasteiger partial charge in [-0.15, -0.1) is 0 Å². The molecule has 0 unspecified atom stereocenters. The van der Waals surface area contributed by atoms with Crippen molar-refractivity contribution in [2.24, 2.45) is 0 Å². The number of hydrogen-bond acceptors (Lipinski definition) is 7. The van der Waals surface area contributed by atoms with Gasteiger partial charge in [0.1, 0.15) is 18.2 Å². The zero-order chi connectivity index (χ0) is 31.0. The van der Waals surface area contributed by atoms with Gasteiger partial charge in [0, 0.05) is 36.4 Å². The van der Waals surface area contributed by atoms with E-state index in [1.54, 1.807) is 6.07 Å². The summed E-state index contributed by atoms with van der Waals surface area (Å²) in [5.41, 5.74) is 2.16. The minimum absolute atomic E-state index is 0.0262. The number of halogens is 3. The van der Waals surface area contributed by atoms with Crippen molar-refractivity contribution in [3.63, 3.8) is 0 Å². The summed E-state index contributed by atoms with van der Waals surface area (Å²) >= 11 is 6.45. The maximum Gasteiger partial charge on any atom is 0.319 e. The van der Waals surface area contributed by atoms with Crippen molar-refractivity contribution in [2.75, 3.05) is 44.7 Å². The number of ether oxygens (including phenoxy) is 1. The summed E-state index contributed by atoms with van der Waals surface area (Å²) in [6.07, 6.45) is 2.14. The molecule has 2 atom stereocenters. The second-order valence-corrected chi connectivity index (χ2v) is 11.7. The lowest BCUT2D eigenvalue weighted by Gasteiger charge is -2.41. The summed E-state index contributed by atoms with van der Waals surface area (Å²) in [5.74, 6) is -1.77. The normalized spacial score (nSPS) is 19.0. The van der Waals surface area contributed by atoms with Gasteiger partial charge in [0.05, 0.1) is 29.1 Å². The Morgan fingerprint density at radius 3 is 2.75 bits per heavy atom. The van der Waals surface area contributed by atoms with E-state index in [1.807, 2.05) is 41.3 Å². The molecule has 11 heteroatoms. The monoisotopic (exact) mass is 616 g/mol. The van der Waals surface area contributed by atoms with Crippen LogP contribution < -0.4 is 9.64 Å². The number of piperazine rings is 1. The molecule has 0 spiro atoms. The van der Waals surface area contributed by atoms with Crippen LogP contribution in [0, 0.1) is 17.1 Å². The Balaban J connectivity index is 1.43. The molecule has 2 aliphatic heterocycles. The average molecular weight is 617 g/mol. The summed E-state index contributed by atoms with van der Waals surface area (Å²) in [7, 11) is 2.07. The van der Waals surface area contributed by atoms with Crippen LogP contribution in [-0.4, -0.2) is 77.6 Å². The van der Waals surface area contributed by atoms with Gasteiger partial charge >= 0.3 is 6.01 Å². The first-order valence-corrected chi connectivity index (χ1v) is 14.9. The third-order valence-electron chi connectivity index (χ3n) is 8.58. The second kappa shape index (κ2) is 12.3. The number of carbonyl (C=O) groups is 1. The minimum atomic E-state index is -1.05. The molecule has 4 aromatic rings. The van der Waals surface area contributed by atoms with Crippen molar-refractivity contribution in [2.45, 2.75) is 31.3 Å². The van der Waals surface area contributed by atoms with Gasteiger partial charge in [0.15, 0.2) is 5.83 Å². The Kier molecular flexibility index (Phi) is 8.34. The van der Waals surface area contributed by atoms with Gasteiger partial charge < -0.3 is 19.4 Å². The van der Waals surface area contributed by atoms with Crippen LogP contribution >= 0.6 is 11.6 Å². The van der Waals surface area contributed by atoms with Crippen molar-refractivity contribution in [1.82, 2.24) is 19.8 Å². The number of nitrogens with zero attached hydrogens (tertiary/aromatic N) is 6. The van der Waals surface area contributed by atoms with E-state index < -0.39 is 23.6 Å². The first-order valence-electron chi connectivity index (χ1n) is 14.5. The van der Waals surface area contributed by atoms with Crippen LogP contribution in [-0.2, 0) is 4.79 Å². The Morgan fingerprint density at radius 1 is 1.16 bits per heavy atom. The number of carbonyl (C=O) groups excluding carboxylic acids is 1. The molecule has 6 rings (SSSR count). The summed E-state index contributed by atoms with van der Waals surface area (Å²) < 4.78 is 34.5. The van der Waals surface area contributed by atoms with Gasteiger partial charge in [-0.2, -0.15) is 15.2 Å². The molecule has 0 saturated carbocycles. The van der Waals surface area contributed by atoms with Gasteiger partial charge in [-0.3, -0.25) is 4.79 Å². The van der Waals surface area contributed by atoms with E-state index in [0.717, 1.165) is 41.3 Å². The fourth-order valence-electron chi connectivity index (χ4n) is 6.23. The van der Waals surface area contributed by atoms with Crippen molar-refractivity contribution in [3.8, 4) is 23.2 Å². The third kappa shape index (κ3) is 5.65. The number of hydrogen-bond donors (Lipinski definition) is 0. The molecule has 2 fully saturated rings. The quantitative estimate of drug-likeness (QED) is 0.231. The molecular formula is C33H31ClF2N6O2. The SMILES string of the molecule is C=C(F)C(=O)N1CCN(c2nc(OC[C@@H]3CCCN3C)nc3cc(-c4cccc5ccc(F)c(Cl)c45)ccc23)C[C@@H]1CC#N. The van der Waals surface area contributed by atoms with E-state index in [-0.39, 0.29) is 36.6 Å². The van der Waals surface area contributed by atoms with Gasteiger partial charge in [0.2, 0.25) is 0 Å². The molecule has 0 aliphatic carbocycles. The molecular weight excluding hydrogens is 586 g/mol. The second-order valence-electron chi connectivity index (χ2n) is 11.3. The molecule has 8 nitrogen and oxygen atoms in total. The van der Waals surface area contributed by atoms with Crippen LogP contribution in [0.5, 0.6) is 6.01 Å². The van der Waals surface area contributed by atoms with Crippen molar-refractivity contribution < 1.29 is 18.3 Å². The summed E-state index contributed by atoms with van der Waals surface area (Å²) in [5, 5.41) is 11.7. The lowest BCUT2D eigenvalue weighted by molar-refractivity contribution is -0.131. The fourth-order valence-corrected chi connectivity index (χ4v) is 6.50. The number of likely N-dealkylation sites (N-methyl/N-ethyl adjacent to an activating group) is 1. The van der Waals surface area contributed by atoms with Crippen LogP contribution in [0.15, 0.2) is 60.9 Å². The zero-order valence-electron chi connectivity index (χ0n) is 24.3. The molecule has 3 heterocycles. The smallest absolute Gasteiger partial charge is 0.319 e. The van der Waals surface area contributed by atoms with Crippen LogP contribution in [0.25, 0.3) is 32.8 Å². The van der Waals surface area contributed by atoms with Gasteiger partial charge in [-0.05, 0) is 61.1 Å². The summed E-state index contributed by atoms with van der Waals surface area (Å²) in [4.78, 5) is 27.7. The first-order chi connectivity index (χ1) is 21.2. The van der Waals surface area contributed by atoms with E-state index in [0.29, 0.717) is 29.9 Å². The number of nitriles is 1. The number of fused-ring (bicyclic) bond motifs is 2. The number of benzene rings is 3. The van der Waals surface area contributed by atoms with E-state index in [2.05, 4.69) is 24.6 Å². The standard InChI is InChI=1S/C33H31ClF2N6O2/c1-20(35)32(43)42-16-15-41(18-23(42)12-13-37)31-26-10-8-22(25-7-3-5-21-9-11-27(36)30(34)29(21)25)17-28(26)38-33(39-31)44-19-24-6-4-14-40(24)2/h3,5,7-11,17,23-24H,1,4,6,12,14-16,18-19H2,2H3/t23-,24-/m0/s1. The number of amides is 1. The van der Waals surface area contributed by atoms with E-state index in [4.69, 9.17) is 26.3 Å². The van der Waals surface area contributed by atoms with E-state index in [1.165, 1.54) is 11.0 Å². The highest BCUT2D eigenvalue weighted by atomic mass is 35.5. The topological polar surface area (TPSA) is 85.6 Å². The molecule has 3 aromatic carbocycles. The molecule has 2 aliphatic rings. The maximum atomic E-state index is 14.5. The van der Waals surface area contributed by atoms with Crippen molar-refractivity contribution in [3.05, 3.63) is 71.8 Å². The molecule has 0 radical (unpaired) electrons. The largest absolute Gasteiger partial charge is 0.462 e. The number of aromatic nitrogens is 2. The van der Waals surface area contributed by atoms with Crippen molar-refractivity contribution in [1.29, 1.82) is 5.26 Å². The number of rotatable bonds is 7. The van der Waals surface area contributed by atoms with E-state index >= 15 is 0 Å². The number of likely N-dealkylation sites (tertiary alicyclic amines) is 1. The highest BCUT2D eigenvalue weighted by Gasteiger charge is 2.33. The molecule has 1 amide bonds.